The van der Waals surface area contributed by atoms with E-state index in [0.717, 1.165) is 5.56 Å². The maximum atomic E-state index is 13.7. The van der Waals surface area contributed by atoms with Crippen LogP contribution in [0, 0.1) is 11.8 Å². The zero-order chi connectivity index (χ0) is 28.9. The number of amides is 3. The molecule has 0 saturated carbocycles. The van der Waals surface area contributed by atoms with Gasteiger partial charge in [0.05, 0.1) is 29.7 Å². The molecule has 0 radical (unpaired) electrons. The Morgan fingerprint density at radius 1 is 1.05 bits per heavy atom. The minimum Gasteiger partial charge on any atom is -0.507 e. The molecular formula is C29H37N3O7. The van der Waals surface area contributed by atoms with Gasteiger partial charge < -0.3 is 30.5 Å². The van der Waals surface area contributed by atoms with Crippen LogP contribution in [0.15, 0.2) is 54.6 Å². The number of aromatic hydroxyl groups is 1. The highest BCUT2D eigenvalue weighted by molar-refractivity contribution is 6.00. The molecule has 2 aromatic carbocycles. The smallest absolute Gasteiger partial charge is 0.312 e. The van der Waals surface area contributed by atoms with E-state index in [0.29, 0.717) is 0 Å². The summed E-state index contributed by atoms with van der Waals surface area (Å²) in [6.07, 6.45) is -2.32. The van der Waals surface area contributed by atoms with Gasteiger partial charge in [-0.2, -0.15) is 0 Å². The first kappa shape index (κ1) is 29.6. The molecule has 1 aliphatic rings. The van der Waals surface area contributed by atoms with Gasteiger partial charge in [-0.15, -0.1) is 0 Å². The minimum absolute atomic E-state index is 0.0407. The number of para-hydroxylation sites is 1. The van der Waals surface area contributed by atoms with Crippen LogP contribution in [0.25, 0.3) is 0 Å². The molecule has 6 atom stereocenters. The Kier molecular flexibility index (Phi) is 9.69. The van der Waals surface area contributed by atoms with Gasteiger partial charge in [0.15, 0.2) is 6.10 Å². The van der Waals surface area contributed by atoms with Crippen LogP contribution < -0.4 is 10.6 Å². The topological polar surface area (TPSA) is 145 Å². The lowest BCUT2D eigenvalue weighted by molar-refractivity contribution is -0.170. The number of benzene rings is 2. The van der Waals surface area contributed by atoms with E-state index in [2.05, 4.69) is 10.6 Å². The summed E-state index contributed by atoms with van der Waals surface area (Å²) in [4.78, 5) is 54.6. The van der Waals surface area contributed by atoms with Gasteiger partial charge in [-0.05, 0) is 43.9 Å². The number of hydrogen-bond donors (Lipinski definition) is 4. The Hall–Kier alpha value is -3.92. The van der Waals surface area contributed by atoms with Crippen molar-refractivity contribution in [1.82, 2.24) is 15.5 Å². The van der Waals surface area contributed by atoms with Crippen molar-refractivity contribution in [2.75, 3.05) is 7.05 Å². The summed E-state index contributed by atoms with van der Waals surface area (Å²) in [5.41, 5.74) is 0.769. The number of carbonyl (C=O) groups excluding carboxylic acids is 4. The number of aliphatic hydroxyl groups is 1. The van der Waals surface area contributed by atoms with E-state index in [1.54, 1.807) is 32.9 Å². The fourth-order valence-electron chi connectivity index (χ4n) is 4.50. The molecule has 1 fully saturated rings. The molecule has 210 valence electrons. The first-order valence-electron chi connectivity index (χ1n) is 13.0. The van der Waals surface area contributed by atoms with Crippen LogP contribution in [0.1, 0.15) is 43.6 Å². The second-order valence-corrected chi connectivity index (χ2v) is 10.3. The number of nitrogens with one attached hydrogen (secondary N) is 2. The maximum absolute atomic E-state index is 13.7. The van der Waals surface area contributed by atoms with Gasteiger partial charge in [0, 0.05) is 7.05 Å². The number of hydrogen-bond acceptors (Lipinski definition) is 7. The molecule has 2 aromatic rings. The molecule has 4 N–H and O–H groups in total. The molecule has 1 aliphatic heterocycles. The van der Waals surface area contributed by atoms with Gasteiger partial charge in [0.25, 0.3) is 11.8 Å². The molecule has 3 rings (SSSR count). The molecule has 0 spiro atoms. The van der Waals surface area contributed by atoms with Gasteiger partial charge in [-0.3, -0.25) is 19.2 Å². The number of likely N-dealkylation sites (N-methyl/N-ethyl adjacent to an activating group) is 1. The summed E-state index contributed by atoms with van der Waals surface area (Å²) in [5.74, 6) is -4.41. The number of carbonyl (C=O) groups is 4. The van der Waals surface area contributed by atoms with Crippen molar-refractivity contribution in [1.29, 1.82) is 0 Å². The molecular weight excluding hydrogens is 502 g/mol. The van der Waals surface area contributed by atoms with Crippen molar-refractivity contribution in [2.45, 2.75) is 64.4 Å². The average molecular weight is 540 g/mol. The Morgan fingerprint density at radius 3 is 2.28 bits per heavy atom. The van der Waals surface area contributed by atoms with Gasteiger partial charge in [-0.1, -0.05) is 56.3 Å². The van der Waals surface area contributed by atoms with Gasteiger partial charge in [0.2, 0.25) is 5.91 Å². The zero-order valence-electron chi connectivity index (χ0n) is 22.8. The van der Waals surface area contributed by atoms with E-state index < -0.39 is 65.9 Å². The molecule has 0 aromatic heterocycles. The van der Waals surface area contributed by atoms with E-state index in [-0.39, 0.29) is 17.7 Å². The monoisotopic (exact) mass is 539 g/mol. The number of rotatable bonds is 5. The molecule has 0 bridgehead atoms. The maximum Gasteiger partial charge on any atom is 0.312 e. The van der Waals surface area contributed by atoms with E-state index >= 15 is 0 Å². The van der Waals surface area contributed by atoms with Crippen LogP contribution in [0.4, 0.5) is 0 Å². The third-order valence-electron chi connectivity index (χ3n) is 7.17. The van der Waals surface area contributed by atoms with E-state index in [9.17, 15) is 29.4 Å². The van der Waals surface area contributed by atoms with E-state index in [1.165, 1.54) is 31.0 Å². The Bertz CT molecular complexity index is 1190. The lowest BCUT2D eigenvalue weighted by Crippen LogP contribution is -2.62. The summed E-state index contributed by atoms with van der Waals surface area (Å²) < 4.78 is 5.60. The van der Waals surface area contributed by atoms with Crippen molar-refractivity contribution in [2.24, 2.45) is 11.8 Å². The Labute approximate surface area is 228 Å². The summed E-state index contributed by atoms with van der Waals surface area (Å²) in [7, 11) is 1.47. The minimum atomic E-state index is -1.36. The van der Waals surface area contributed by atoms with Gasteiger partial charge >= 0.3 is 5.97 Å². The van der Waals surface area contributed by atoms with E-state index in [1.807, 2.05) is 30.3 Å². The van der Waals surface area contributed by atoms with Crippen molar-refractivity contribution in [3.8, 4) is 5.75 Å². The fourth-order valence-corrected chi connectivity index (χ4v) is 4.50. The zero-order valence-corrected chi connectivity index (χ0v) is 22.8. The SMILES string of the molecule is CC(C)C1OC(=O)[C@H](C)[C@H](O)[C@H](Cc2ccccc2)NC(=O)[C@@H](NC(=O)c2ccccc2O)[C@@H](C)N(C)C1=O. The van der Waals surface area contributed by atoms with Crippen molar-refractivity contribution >= 4 is 23.7 Å². The standard InChI is InChI=1S/C29H37N3O7/c1-16(2)25-28(37)32(5)18(4)23(31-26(35)20-13-9-10-14-22(20)33)27(36)30-21(15-19-11-7-6-8-12-19)24(34)17(3)29(38)39-25/h6-14,16-18,21,23-25,33-34H,15H2,1-5H3,(H,30,36)(H,31,35)/t17-,18-,21+,23+,24+,25?/m1/s1. The lowest BCUT2D eigenvalue weighted by atomic mass is 9.91. The third-order valence-corrected chi connectivity index (χ3v) is 7.17. The van der Waals surface area contributed by atoms with Gasteiger partial charge in [-0.25, -0.2) is 0 Å². The highest BCUT2D eigenvalue weighted by Gasteiger charge is 2.41. The largest absolute Gasteiger partial charge is 0.507 e. The second kappa shape index (κ2) is 12.8. The summed E-state index contributed by atoms with van der Waals surface area (Å²) >= 11 is 0. The second-order valence-electron chi connectivity index (χ2n) is 10.3. The summed E-state index contributed by atoms with van der Waals surface area (Å²) in [6.45, 7) is 6.52. The predicted molar refractivity (Wildman–Crippen MR) is 144 cm³/mol. The Morgan fingerprint density at radius 2 is 1.67 bits per heavy atom. The molecule has 1 heterocycles. The van der Waals surface area contributed by atoms with E-state index in [4.69, 9.17) is 4.74 Å². The predicted octanol–water partition coefficient (Wildman–Crippen LogP) is 1.64. The van der Waals surface area contributed by atoms with Crippen LogP contribution in [-0.4, -0.2) is 76.2 Å². The fraction of sp³-hybridized carbons (Fsp3) is 0.448. The number of aliphatic hydroxyl groups excluding tert-OH is 1. The number of esters is 1. The molecule has 39 heavy (non-hydrogen) atoms. The Balaban J connectivity index is 2.04. The van der Waals surface area contributed by atoms with Crippen LogP contribution in [0.2, 0.25) is 0 Å². The van der Waals surface area contributed by atoms with Crippen LogP contribution in [0.5, 0.6) is 5.75 Å². The normalized spacial score (nSPS) is 26.7. The van der Waals surface area contributed by atoms with Crippen LogP contribution >= 0.6 is 0 Å². The van der Waals surface area contributed by atoms with Crippen LogP contribution in [-0.2, 0) is 25.5 Å². The van der Waals surface area contributed by atoms with Crippen LogP contribution in [0.3, 0.4) is 0 Å². The molecule has 10 heteroatoms. The first-order chi connectivity index (χ1) is 18.4. The number of phenols is 1. The summed E-state index contributed by atoms with van der Waals surface area (Å²) in [6, 6.07) is 12.0. The number of nitrogens with zero attached hydrogens (tertiary/aromatic N) is 1. The highest BCUT2D eigenvalue weighted by Crippen LogP contribution is 2.22. The van der Waals surface area contributed by atoms with Crippen molar-refractivity contribution in [3.63, 3.8) is 0 Å². The molecule has 0 aliphatic carbocycles. The first-order valence-corrected chi connectivity index (χ1v) is 13.0. The number of ether oxygens (including phenoxy) is 1. The third kappa shape index (κ3) is 6.94. The molecule has 3 amide bonds. The lowest BCUT2D eigenvalue weighted by Gasteiger charge is -2.37. The van der Waals surface area contributed by atoms with Gasteiger partial charge in [0.1, 0.15) is 11.8 Å². The molecule has 10 nitrogen and oxygen atoms in total. The quantitative estimate of drug-likeness (QED) is 0.423. The highest BCUT2D eigenvalue weighted by atomic mass is 16.6. The molecule has 1 unspecified atom stereocenters. The summed E-state index contributed by atoms with van der Waals surface area (Å²) in [5, 5.41) is 26.8. The van der Waals surface area contributed by atoms with Crippen molar-refractivity contribution in [3.05, 3.63) is 65.7 Å². The number of cyclic esters (lactones) is 1. The average Bonchev–Trinajstić information content (AvgIpc) is 2.92. The van der Waals surface area contributed by atoms with Crippen molar-refractivity contribution < 1.29 is 34.1 Å². The number of phenolic OH excluding ortho intramolecular Hbond substituents is 1. The molecule has 1 saturated heterocycles.